The van der Waals surface area contributed by atoms with Crippen molar-refractivity contribution in [2.45, 2.75) is 15.0 Å². The topological polar surface area (TPSA) is 188 Å². The first-order valence-corrected chi connectivity index (χ1v) is 12.1. The second kappa shape index (κ2) is 8.02. The van der Waals surface area contributed by atoms with Gasteiger partial charge in [0.15, 0.2) is 11.0 Å². The summed E-state index contributed by atoms with van der Waals surface area (Å²) in [6.07, 6.45) is 0. The third kappa shape index (κ3) is 3.82. The van der Waals surface area contributed by atoms with Crippen LogP contribution in [0.5, 0.6) is 0 Å². The van der Waals surface area contributed by atoms with Gasteiger partial charge in [0.2, 0.25) is 10.0 Å². The molecule has 0 radical (unpaired) electrons. The van der Waals surface area contributed by atoms with E-state index in [1.54, 1.807) is 6.07 Å². The van der Waals surface area contributed by atoms with Crippen LogP contribution >= 0.6 is 23.1 Å². The van der Waals surface area contributed by atoms with Crippen LogP contribution < -0.4 is 33.3 Å². The molecule has 2 aromatic carbocycles. The molecule has 0 bridgehead atoms. The largest absolute Gasteiger partial charge is 0.382 e. The van der Waals surface area contributed by atoms with Crippen LogP contribution in [-0.2, 0) is 10.0 Å². The lowest BCUT2D eigenvalue weighted by atomic mass is 9.98. The Morgan fingerprint density at radius 1 is 1.27 bits per heavy atom. The highest BCUT2D eigenvalue weighted by Crippen LogP contribution is 2.41. The Balaban J connectivity index is 2.04. The zero-order valence-corrected chi connectivity index (χ0v) is 18.1. The maximum Gasteiger partial charge on any atom is 0.239 e. The van der Waals surface area contributed by atoms with Crippen molar-refractivity contribution in [3.05, 3.63) is 35.9 Å². The van der Waals surface area contributed by atoms with Gasteiger partial charge in [0.05, 0.1) is 10.2 Å². The monoisotopic (exact) mass is 464 g/mol. The molecule has 1 aliphatic heterocycles. The minimum absolute atomic E-state index is 0.0807. The number of benzene rings is 2. The molecule has 4 rings (SSSR count). The van der Waals surface area contributed by atoms with Gasteiger partial charge >= 0.3 is 0 Å². The maximum absolute atomic E-state index is 12.7. The second-order valence-electron chi connectivity index (χ2n) is 6.59. The molecule has 0 atom stereocenters. The van der Waals surface area contributed by atoms with Gasteiger partial charge in [0, 0.05) is 34.4 Å². The number of hydrogen-bond acceptors (Lipinski definition) is 10. The molecule has 0 unspecified atom stereocenters. The Morgan fingerprint density at radius 2 is 2.03 bits per heavy atom. The number of aromatic nitrogens is 1. The number of nitrogens with one attached hydrogen (secondary N) is 2. The molecule has 13 heteroatoms. The fourth-order valence-electron chi connectivity index (χ4n) is 3.25. The number of hydrazine groups is 1. The molecule has 1 aromatic heterocycles. The van der Waals surface area contributed by atoms with Gasteiger partial charge in [-0.15, -0.1) is 16.9 Å². The van der Waals surface area contributed by atoms with E-state index in [-0.39, 0.29) is 21.5 Å². The van der Waals surface area contributed by atoms with Crippen molar-refractivity contribution in [1.29, 1.82) is 0 Å². The van der Waals surface area contributed by atoms with Crippen molar-refractivity contribution in [2.75, 3.05) is 18.8 Å². The lowest BCUT2D eigenvalue weighted by Crippen LogP contribution is -2.44. The highest BCUT2D eigenvalue weighted by molar-refractivity contribution is 8.00. The standard InChI is InChI=1S/C17H20N8O2S3/c18-16(24-25-20)13-9(10-2-1-3-11-14(10)29-17(19)23-11)4-5-12(15(13)30(21,26)27)28-8-6-22-7-8/h1-5,8,22,25H,6-7,20H2,(H2,18,24)(H2,19,23)(H2,21,26,27). The van der Waals surface area contributed by atoms with Crippen LogP contribution in [0, 0.1) is 0 Å². The van der Waals surface area contributed by atoms with Crippen molar-refractivity contribution in [3.63, 3.8) is 0 Å². The van der Waals surface area contributed by atoms with Gasteiger partial charge in [-0.1, -0.05) is 29.5 Å². The Hall–Kier alpha value is -2.42. The average molecular weight is 465 g/mol. The molecule has 0 spiro atoms. The third-order valence-electron chi connectivity index (χ3n) is 4.61. The molecule has 1 aliphatic rings. The number of anilines is 1. The number of fused-ring (bicyclic) bond motifs is 1. The molecule has 10 N–H and O–H groups in total. The number of thiazole rings is 1. The quantitative estimate of drug-likeness (QED) is 0.129. The number of nitrogen functional groups attached to an aromatic ring is 1. The molecular weight excluding hydrogens is 444 g/mol. The van der Waals surface area contributed by atoms with Crippen LogP contribution in [0.15, 0.2) is 45.2 Å². The van der Waals surface area contributed by atoms with Crippen LogP contribution in [0.2, 0.25) is 0 Å². The molecule has 0 aliphatic carbocycles. The Kier molecular flexibility index (Phi) is 5.57. The van der Waals surface area contributed by atoms with Crippen LogP contribution in [0.25, 0.3) is 21.3 Å². The lowest BCUT2D eigenvalue weighted by Gasteiger charge is -2.27. The first kappa shape index (κ1) is 20.8. The van der Waals surface area contributed by atoms with Gasteiger partial charge < -0.3 is 16.8 Å². The maximum atomic E-state index is 12.7. The molecular formula is C17H20N8O2S3. The summed E-state index contributed by atoms with van der Waals surface area (Å²) in [5, 5.41) is 13.3. The van der Waals surface area contributed by atoms with E-state index >= 15 is 0 Å². The number of amidine groups is 1. The number of rotatable bonds is 6. The number of nitrogens with zero attached hydrogens (tertiary/aromatic N) is 2. The zero-order valence-electron chi connectivity index (χ0n) is 15.6. The lowest BCUT2D eigenvalue weighted by molar-refractivity contribution is 0.543. The number of thioether (sulfide) groups is 1. The molecule has 158 valence electrons. The van der Waals surface area contributed by atoms with Crippen LogP contribution in [-0.4, -0.2) is 37.6 Å². The van der Waals surface area contributed by atoms with Gasteiger partial charge in [-0.3, -0.25) is 0 Å². The molecule has 2 heterocycles. The fourth-order valence-corrected chi connectivity index (χ4v) is 6.56. The van der Waals surface area contributed by atoms with Gasteiger partial charge in [-0.2, -0.15) is 0 Å². The minimum Gasteiger partial charge on any atom is -0.382 e. The number of primary sulfonamides is 1. The number of nitrogens with two attached hydrogens (primary N) is 4. The summed E-state index contributed by atoms with van der Waals surface area (Å²) in [6.45, 7) is 1.55. The third-order valence-corrected chi connectivity index (χ3v) is 7.92. The van der Waals surface area contributed by atoms with Gasteiger partial charge in [0.25, 0.3) is 0 Å². The van der Waals surface area contributed by atoms with E-state index in [0.29, 0.717) is 21.1 Å². The molecule has 30 heavy (non-hydrogen) atoms. The van der Waals surface area contributed by atoms with Gasteiger partial charge in [-0.05, 0) is 17.7 Å². The van der Waals surface area contributed by atoms with Crippen LogP contribution in [0.1, 0.15) is 5.56 Å². The van der Waals surface area contributed by atoms with Crippen molar-refractivity contribution in [1.82, 2.24) is 15.8 Å². The molecule has 10 nitrogen and oxygen atoms in total. The molecule has 3 aromatic rings. The summed E-state index contributed by atoms with van der Waals surface area (Å²) < 4.78 is 26.2. The molecule has 0 saturated carbocycles. The fraction of sp³-hybridized carbons (Fsp3) is 0.176. The Morgan fingerprint density at radius 3 is 2.67 bits per heavy atom. The Bertz CT molecular complexity index is 1250. The highest BCUT2D eigenvalue weighted by atomic mass is 32.2. The van der Waals surface area contributed by atoms with Gasteiger partial charge in [-0.25, -0.2) is 29.9 Å². The zero-order chi connectivity index (χ0) is 21.5. The smallest absolute Gasteiger partial charge is 0.239 e. The molecule has 1 saturated heterocycles. The summed E-state index contributed by atoms with van der Waals surface area (Å²) in [5.41, 5.74) is 16.3. The van der Waals surface area contributed by atoms with Gasteiger partial charge in [0.1, 0.15) is 4.90 Å². The van der Waals surface area contributed by atoms with E-state index in [1.165, 1.54) is 23.1 Å². The summed E-state index contributed by atoms with van der Waals surface area (Å²) >= 11 is 2.73. The SMILES string of the molecule is NN/N=C(\N)c1c(-c2cccc3nc(N)sc23)ccc(SC2CNC2)c1S(N)(=O)=O. The van der Waals surface area contributed by atoms with E-state index in [1.807, 2.05) is 24.3 Å². The Labute approximate surface area is 181 Å². The first-order valence-electron chi connectivity index (χ1n) is 8.81. The average Bonchev–Trinajstić information content (AvgIpc) is 3.03. The number of hydrazone groups is 1. The summed E-state index contributed by atoms with van der Waals surface area (Å²) in [7, 11) is -4.14. The van der Waals surface area contributed by atoms with Crippen molar-refractivity contribution < 1.29 is 8.42 Å². The predicted octanol–water partition coefficient (Wildman–Crippen LogP) is 0.340. The van der Waals surface area contributed by atoms with Crippen LogP contribution in [0.3, 0.4) is 0 Å². The second-order valence-corrected chi connectivity index (χ2v) is 10.5. The number of hydrogen-bond donors (Lipinski definition) is 6. The van der Waals surface area contributed by atoms with Crippen molar-refractivity contribution in [2.24, 2.45) is 21.8 Å². The summed E-state index contributed by atoms with van der Waals surface area (Å²) in [4.78, 5) is 4.73. The molecule has 1 fully saturated rings. The van der Waals surface area contributed by atoms with E-state index in [0.717, 1.165) is 23.4 Å². The summed E-state index contributed by atoms with van der Waals surface area (Å²) in [5.74, 6) is 5.22. The van der Waals surface area contributed by atoms with E-state index in [9.17, 15) is 8.42 Å². The predicted molar refractivity (Wildman–Crippen MR) is 121 cm³/mol. The summed E-state index contributed by atoms with van der Waals surface area (Å²) in [6, 6.07) is 9.04. The first-order chi connectivity index (χ1) is 14.3. The normalized spacial score (nSPS) is 15.3. The van der Waals surface area contributed by atoms with Crippen molar-refractivity contribution >= 4 is 54.3 Å². The molecule has 0 amide bonds. The van der Waals surface area contributed by atoms with E-state index in [4.69, 9.17) is 22.4 Å². The van der Waals surface area contributed by atoms with E-state index < -0.39 is 10.0 Å². The number of sulfonamides is 1. The minimum atomic E-state index is -4.14. The van der Waals surface area contributed by atoms with Crippen molar-refractivity contribution in [3.8, 4) is 11.1 Å². The van der Waals surface area contributed by atoms with E-state index in [2.05, 4.69) is 20.9 Å². The highest BCUT2D eigenvalue weighted by Gasteiger charge is 2.29. The van der Waals surface area contributed by atoms with Crippen LogP contribution in [0.4, 0.5) is 5.13 Å².